The normalized spacial score (nSPS) is 13.7. The second-order valence-corrected chi connectivity index (χ2v) is 4.70. The van der Waals surface area contributed by atoms with Crippen molar-refractivity contribution in [1.82, 2.24) is 5.32 Å². The molecule has 0 bridgehead atoms. The highest BCUT2D eigenvalue weighted by atomic mass is 16.5. The molecule has 0 aliphatic rings. The summed E-state index contributed by atoms with van der Waals surface area (Å²) >= 11 is 0. The fourth-order valence-electron chi connectivity index (χ4n) is 2.06. The van der Waals surface area contributed by atoms with Gasteiger partial charge in [0.05, 0.1) is 14.2 Å². The zero-order valence-corrected chi connectivity index (χ0v) is 12.2. The van der Waals surface area contributed by atoms with Gasteiger partial charge in [-0.25, -0.2) is 0 Å². The predicted octanol–water partition coefficient (Wildman–Crippen LogP) is 2.17. The van der Waals surface area contributed by atoms with Crippen molar-refractivity contribution >= 4 is 5.97 Å². The van der Waals surface area contributed by atoms with E-state index < -0.39 is 5.54 Å². The number of likely N-dealkylation sites (N-methyl/N-ethyl adjacent to an activating group) is 1. The standard InChI is InChI=1S/C15H23NO3/c1-5-16-15(2,14(17)19-4)11-10-12-6-8-13(18-3)9-7-12/h6-9,16H,5,10-11H2,1-4H3. The van der Waals surface area contributed by atoms with E-state index in [0.29, 0.717) is 6.42 Å². The maximum Gasteiger partial charge on any atom is 0.325 e. The van der Waals surface area contributed by atoms with E-state index in [4.69, 9.17) is 9.47 Å². The van der Waals surface area contributed by atoms with Crippen molar-refractivity contribution in [2.45, 2.75) is 32.2 Å². The molecular weight excluding hydrogens is 242 g/mol. The highest BCUT2D eigenvalue weighted by Crippen LogP contribution is 2.18. The smallest absolute Gasteiger partial charge is 0.325 e. The van der Waals surface area contributed by atoms with Gasteiger partial charge in [0.25, 0.3) is 0 Å². The van der Waals surface area contributed by atoms with Crippen LogP contribution < -0.4 is 10.1 Å². The van der Waals surface area contributed by atoms with Crippen molar-refractivity contribution in [3.8, 4) is 5.75 Å². The molecule has 0 radical (unpaired) electrons. The maximum atomic E-state index is 11.8. The molecule has 0 spiro atoms. The van der Waals surface area contributed by atoms with E-state index in [1.165, 1.54) is 12.7 Å². The Morgan fingerprint density at radius 3 is 2.37 bits per heavy atom. The summed E-state index contributed by atoms with van der Waals surface area (Å²) in [6.45, 7) is 4.59. The van der Waals surface area contributed by atoms with Gasteiger partial charge in [0.1, 0.15) is 11.3 Å². The number of methoxy groups -OCH3 is 2. The van der Waals surface area contributed by atoms with Crippen LogP contribution in [0.1, 0.15) is 25.8 Å². The van der Waals surface area contributed by atoms with Crippen molar-refractivity contribution in [3.05, 3.63) is 29.8 Å². The van der Waals surface area contributed by atoms with Crippen molar-refractivity contribution in [1.29, 1.82) is 0 Å². The molecule has 1 rings (SSSR count). The summed E-state index contributed by atoms with van der Waals surface area (Å²) in [4.78, 5) is 11.8. The predicted molar refractivity (Wildman–Crippen MR) is 75.4 cm³/mol. The molecule has 0 saturated heterocycles. The van der Waals surface area contributed by atoms with E-state index >= 15 is 0 Å². The number of hydrogen-bond donors (Lipinski definition) is 1. The minimum Gasteiger partial charge on any atom is -0.497 e. The molecule has 1 aromatic carbocycles. The zero-order valence-electron chi connectivity index (χ0n) is 12.2. The third-order valence-electron chi connectivity index (χ3n) is 3.28. The molecule has 0 fully saturated rings. The number of carbonyl (C=O) groups excluding carboxylic acids is 1. The van der Waals surface area contributed by atoms with Gasteiger partial charge in [0, 0.05) is 0 Å². The van der Waals surface area contributed by atoms with E-state index in [2.05, 4.69) is 5.32 Å². The average Bonchev–Trinajstić information content (AvgIpc) is 2.45. The summed E-state index contributed by atoms with van der Waals surface area (Å²) in [6.07, 6.45) is 1.50. The van der Waals surface area contributed by atoms with E-state index in [9.17, 15) is 4.79 Å². The van der Waals surface area contributed by atoms with Gasteiger partial charge in [-0.05, 0) is 44.0 Å². The molecule has 0 aromatic heterocycles. The fourth-order valence-corrected chi connectivity index (χ4v) is 2.06. The zero-order chi connectivity index (χ0) is 14.3. The van der Waals surface area contributed by atoms with E-state index in [-0.39, 0.29) is 5.97 Å². The van der Waals surface area contributed by atoms with E-state index in [1.54, 1.807) is 7.11 Å². The molecule has 1 atom stereocenters. The Labute approximate surface area is 115 Å². The first-order valence-electron chi connectivity index (χ1n) is 6.52. The lowest BCUT2D eigenvalue weighted by atomic mass is 9.93. The average molecular weight is 265 g/mol. The number of ether oxygens (including phenoxy) is 2. The Morgan fingerprint density at radius 2 is 1.89 bits per heavy atom. The molecule has 0 heterocycles. The number of nitrogens with one attached hydrogen (secondary N) is 1. The summed E-state index contributed by atoms with van der Waals surface area (Å²) in [5.74, 6) is 0.619. The van der Waals surface area contributed by atoms with Gasteiger partial charge in [-0.1, -0.05) is 19.1 Å². The Morgan fingerprint density at radius 1 is 1.26 bits per heavy atom. The van der Waals surface area contributed by atoms with Crippen LogP contribution in [0.5, 0.6) is 5.75 Å². The first-order chi connectivity index (χ1) is 9.05. The lowest BCUT2D eigenvalue weighted by Gasteiger charge is -2.27. The Bertz CT molecular complexity index is 402. The summed E-state index contributed by atoms with van der Waals surface area (Å²) in [6, 6.07) is 7.89. The fraction of sp³-hybridized carbons (Fsp3) is 0.533. The van der Waals surface area contributed by atoms with Gasteiger partial charge in [0.15, 0.2) is 0 Å². The quantitative estimate of drug-likeness (QED) is 0.768. The number of carbonyl (C=O) groups is 1. The SMILES string of the molecule is CCNC(C)(CCc1ccc(OC)cc1)C(=O)OC. The van der Waals surface area contributed by atoms with Crippen LogP contribution in [-0.2, 0) is 16.0 Å². The van der Waals surface area contributed by atoms with Gasteiger partial charge in [0.2, 0.25) is 0 Å². The Hall–Kier alpha value is -1.55. The third kappa shape index (κ3) is 4.24. The summed E-state index contributed by atoms with van der Waals surface area (Å²) in [7, 11) is 3.07. The molecule has 4 heteroatoms. The number of esters is 1. The summed E-state index contributed by atoms with van der Waals surface area (Å²) < 4.78 is 9.99. The maximum absolute atomic E-state index is 11.8. The minimum absolute atomic E-state index is 0.220. The summed E-state index contributed by atoms with van der Waals surface area (Å²) in [5, 5.41) is 3.20. The first-order valence-corrected chi connectivity index (χ1v) is 6.52. The topological polar surface area (TPSA) is 47.6 Å². The Balaban J connectivity index is 2.67. The van der Waals surface area contributed by atoms with Crippen LogP contribution in [0.25, 0.3) is 0 Å². The van der Waals surface area contributed by atoms with Gasteiger partial charge in [-0.3, -0.25) is 4.79 Å². The monoisotopic (exact) mass is 265 g/mol. The molecule has 0 aliphatic carbocycles. The first kappa shape index (κ1) is 15.5. The van der Waals surface area contributed by atoms with Gasteiger partial charge in [-0.15, -0.1) is 0 Å². The molecule has 0 amide bonds. The third-order valence-corrected chi connectivity index (χ3v) is 3.28. The number of rotatable bonds is 7. The molecule has 19 heavy (non-hydrogen) atoms. The van der Waals surface area contributed by atoms with Crippen LogP contribution >= 0.6 is 0 Å². The summed E-state index contributed by atoms with van der Waals surface area (Å²) in [5.41, 5.74) is 0.539. The number of hydrogen-bond acceptors (Lipinski definition) is 4. The van der Waals surface area contributed by atoms with Crippen LogP contribution in [0.15, 0.2) is 24.3 Å². The molecule has 4 nitrogen and oxygen atoms in total. The van der Waals surface area contributed by atoms with E-state index in [0.717, 1.165) is 18.7 Å². The van der Waals surface area contributed by atoms with Crippen molar-refractivity contribution in [2.75, 3.05) is 20.8 Å². The lowest BCUT2D eigenvalue weighted by molar-refractivity contribution is -0.148. The molecular formula is C15H23NO3. The molecule has 106 valence electrons. The molecule has 0 aliphatic heterocycles. The molecule has 1 aromatic rings. The van der Waals surface area contributed by atoms with E-state index in [1.807, 2.05) is 38.1 Å². The molecule has 1 unspecified atom stereocenters. The number of aryl methyl sites for hydroxylation is 1. The van der Waals surface area contributed by atoms with Gasteiger partial charge < -0.3 is 14.8 Å². The van der Waals surface area contributed by atoms with Crippen LogP contribution in [0.4, 0.5) is 0 Å². The van der Waals surface area contributed by atoms with Crippen LogP contribution in [0.2, 0.25) is 0 Å². The van der Waals surface area contributed by atoms with Crippen LogP contribution in [0.3, 0.4) is 0 Å². The van der Waals surface area contributed by atoms with Crippen molar-refractivity contribution in [2.24, 2.45) is 0 Å². The lowest BCUT2D eigenvalue weighted by Crippen LogP contribution is -2.50. The largest absolute Gasteiger partial charge is 0.497 e. The Kier molecular flexibility index (Phi) is 5.83. The second-order valence-electron chi connectivity index (χ2n) is 4.70. The van der Waals surface area contributed by atoms with Crippen LogP contribution in [-0.4, -0.2) is 32.3 Å². The van der Waals surface area contributed by atoms with Crippen LogP contribution in [0, 0.1) is 0 Å². The minimum atomic E-state index is -0.635. The molecule has 1 N–H and O–H groups in total. The van der Waals surface area contributed by atoms with Crippen molar-refractivity contribution in [3.63, 3.8) is 0 Å². The second kappa shape index (κ2) is 7.14. The van der Waals surface area contributed by atoms with Gasteiger partial charge >= 0.3 is 5.97 Å². The van der Waals surface area contributed by atoms with Crippen molar-refractivity contribution < 1.29 is 14.3 Å². The molecule has 0 saturated carbocycles. The van der Waals surface area contributed by atoms with Gasteiger partial charge in [-0.2, -0.15) is 0 Å². The highest BCUT2D eigenvalue weighted by Gasteiger charge is 2.32. The number of benzene rings is 1. The highest BCUT2D eigenvalue weighted by molar-refractivity contribution is 5.80.